The topological polar surface area (TPSA) is 151 Å². The Morgan fingerprint density at radius 3 is 2.45 bits per heavy atom. The van der Waals surface area contributed by atoms with Gasteiger partial charge >= 0.3 is 5.97 Å². The van der Waals surface area contributed by atoms with Crippen LogP contribution < -0.4 is 16.2 Å². The van der Waals surface area contributed by atoms with E-state index in [1.165, 1.54) is 13.3 Å². The van der Waals surface area contributed by atoms with Gasteiger partial charge in [0.15, 0.2) is 5.65 Å². The lowest BCUT2D eigenvalue weighted by Crippen LogP contribution is -2.46. The van der Waals surface area contributed by atoms with Crippen LogP contribution in [0.1, 0.15) is 62.1 Å². The predicted octanol–water partition coefficient (Wildman–Crippen LogP) is 3.97. The van der Waals surface area contributed by atoms with E-state index in [9.17, 15) is 9.59 Å². The van der Waals surface area contributed by atoms with Crippen LogP contribution in [0.4, 0.5) is 5.82 Å². The molecule has 11 heteroatoms. The van der Waals surface area contributed by atoms with E-state index in [0.29, 0.717) is 54.1 Å². The highest BCUT2D eigenvalue weighted by Gasteiger charge is 2.61. The number of likely N-dealkylation sites (N-methyl/N-ethyl adjacent to an activating group) is 1. The van der Waals surface area contributed by atoms with Gasteiger partial charge in [-0.25, -0.2) is 14.6 Å². The molecule has 2 atom stereocenters. The summed E-state index contributed by atoms with van der Waals surface area (Å²) in [6, 6.07) is 15.7. The van der Waals surface area contributed by atoms with Crippen molar-refractivity contribution in [2.45, 2.75) is 62.0 Å². The molecule has 2 fully saturated rings. The van der Waals surface area contributed by atoms with Crippen molar-refractivity contribution in [3.63, 3.8) is 0 Å². The van der Waals surface area contributed by atoms with E-state index in [1.54, 1.807) is 7.11 Å². The number of methoxy groups -OCH3 is 1. The third-order valence-corrected chi connectivity index (χ3v) is 9.25. The van der Waals surface area contributed by atoms with Crippen molar-refractivity contribution >= 4 is 28.7 Å². The van der Waals surface area contributed by atoms with Gasteiger partial charge in [0.25, 0.3) is 0 Å². The quantitative estimate of drug-likeness (QED) is 0.273. The lowest BCUT2D eigenvalue weighted by atomic mass is 9.81. The Labute approximate surface area is 256 Å². The number of aromatic nitrogens is 4. The summed E-state index contributed by atoms with van der Waals surface area (Å²) in [5, 5.41) is 5.72. The van der Waals surface area contributed by atoms with Gasteiger partial charge in [-0.15, -0.1) is 0 Å². The van der Waals surface area contributed by atoms with Gasteiger partial charge in [0, 0.05) is 30.5 Å². The Kier molecular flexibility index (Phi) is 7.53. The minimum absolute atomic E-state index is 0.0251. The van der Waals surface area contributed by atoms with Crippen LogP contribution in [0.15, 0.2) is 54.9 Å². The maximum Gasteiger partial charge on any atom is 0.303 e. The molecule has 4 aromatic rings. The number of primary amides is 1. The fourth-order valence-electron chi connectivity index (χ4n) is 7.26. The highest BCUT2D eigenvalue weighted by atomic mass is 16.6. The lowest BCUT2D eigenvalue weighted by molar-refractivity contribution is -0.163. The zero-order valence-corrected chi connectivity index (χ0v) is 25.6. The highest BCUT2D eigenvalue weighted by Crippen LogP contribution is 2.62. The van der Waals surface area contributed by atoms with Gasteiger partial charge in [0.1, 0.15) is 29.2 Å². The number of ether oxygens (including phenoxy) is 2. The third kappa shape index (κ3) is 5.04. The van der Waals surface area contributed by atoms with E-state index < -0.39 is 11.0 Å². The molecule has 0 unspecified atom stereocenters. The molecule has 2 aliphatic rings. The Hall–Kier alpha value is -4.51. The van der Waals surface area contributed by atoms with Crippen LogP contribution in [0, 0.1) is 0 Å². The molecule has 0 aliphatic heterocycles. The molecular formula is C33H39N7O4. The second-order valence-corrected chi connectivity index (χ2v) is 12.4. The Balaban J connectivity index is 1.36. The monoisotopic (exact) mass is 597 g/mol. The number of carbonyl (C=O) groups is 2. The van der Waals surface area contributed by atoms with Crippen LogP contribution in [0.3, 0.4) is 0 Å². The fraction of sp³-hybridized carbons (Fsp3) is 0.424. The van der Waals surface area contributed by atoms with Gasteiger partial charge in [0.2, 0.25) is 5.91 Å². The van der Waals surface area contributed by atoms with Crippen molar-refractivity contribution in [2.24, 2.45) is 5.73 Å². The standard InChI is InChI=1S/C33H39N7O4/c1-20(41)44-32(18-39(2)3)14-12-23(13-15-32)40-30-27(29(34)36-19-37-30)28(38-40)22-10-11-24(26(16-22)43-4)33(31(35)42)17-25(33)21-8-6-5-7-9-21/h5-11,16,19,23,25H,12-15,17-18H2,1-4H3,(H2,35,42)(H2,34,36,37)/t23?,25-,32?,33-/m0/s1. The molecule has 44 heavy (non-hydrogen) atoms. The molecule has 2 aromatic heterocycles. The first-order valence-corrected chi connectivity index (χ1v) is 15.0. The number of hydrogen-bond donors (Lipinski definition) is 2. The second kappa shape index (κ2) is 11.2. The molecule has 6 rings (SSSR count). The van der Waals surface area contributed by atoms with Gasteiger partial charge < -0.3 is 25.8 Å². The van der Waals surface area contributed by atoms with E-state index in [-0.39, 0.29) is 23.8 Å². The van der Waals surface area contributed by atoms with Crippen LogP contribution in [0.2, 0.25) is 0 Å². The van der Waals surface area contributed by atoms with Gasteiger partial charge in [-0.3, -0.25) is 9.59 Å². The van der Waals surface area contributed by atoms with Crippen molar-refractivity contribution < 1.29 is 19.1 Å². The molecule has 230 valence electrons. The summed E-state index contributed by atoms with van der Waals surface area (Å²) in [6.45, 7) is 2.12. The largest absolute Gasteiger partial charge is 0.496 e. The van der Waals surface area contributed by atoms with Crippen LogP contribution >= 0.6 is 0 Å². The summed E-state index contributed by atoms with van der Waals surface area (Å²) < 4.78 is 13.7. The maximum atomic E-state index is 12.9. The SMILES string of the molecule is COc1cc(-c2nn(C3CCC(CN(C)C)(OC(C)=O)CC3)c3ncnc(N)c23)ccc1[C@@]1(C(N)=O)C[C@H]1c1ccccc1. The zero-order valence-electron chi connectivity index (χ0n) is 25.6. The van der Waals surface area contributed by atoms with Crippen molar-refractivity contribution in [3.8, 4) is 17.0 Å². The summed E-state index contributed by atoms with van der Waals surface area (Å²) in [7, 11) is 5.57. The van der Waals surface area contributed by atoms with Crippen LogP contribution in [0.5, 0.6) is 5.75 Å². The molecule has 11 nitrogen and oxygen atoms in total. The molecule has 4 N–H and O–H groups in total. The van der Waals surface area contributed by atoms with E-state index in [1.807, 2.05) is 67.3 Å². The molecule has 0 bridgehead atoms. The summed E-state index contributed by atoms with van der Waals surface area (Å²) in [5.41, 5.74) is 15.0. The summed E-state index contributed by atoms with van der Waals surface area (Å²) in [4.78, 5) is 35.8. The molecule has 2 aliphatic carbocycles. The van der Waals surface area contributed by atoms with Crippen molar-refractivity contribution in [2.75, 3.05) is 33.5 Å². The molecule has 2 saturated carbocycles. The first kappa shape index (κ1) is 29.6. The van der Waals surface area contributed by atoms with E-state index in [0.717, 1.165) is 29.5 Å². The number of hydrogen-bond acceptors (Lipinski definition) is 9. The minimum atomic E-state index is -0.849. The van der Waals surface area contributed by atoms with Gasteiger partial charge in [0.05, 0.1) is 24.0 Å². The Bertz CT molecular complexity index is 1710. The molecule has 1 amide bonds. The van der Waals surface area contributed by atoms with E-state index >= 15 is 0 Å². The Morgan fingerprint density at radius 2 is 1.82 bits per heavy atom. The number of fused-ring (bicyclic) bond motifs is 1. The van der Waals surface area contributed by atoms with Crippen molar-refractivity contribution in [1.82, 2.24) is 24.6 Å². The number of nitrogens with zero attached hydrogens (tertiary/aromatic N) is 5. The summed E-state index contributed by atoms with van der Waals surface area (Å²) in [5.74, 6) is 0.223. The number of carbonyl (C=O) groups excluding carboxylic acids is 2. The molecule has 0 spiro atoms. The maximum absolute atomic E-state index is 12.9. The van der Waals surface area contributed by atoms with Gasteiger partial charge in [-0.2, -0.15) is 5.10 Å². The minimum Gasteiger partial charge on any atom is -0.496 e. The third-order valence-electron chi connectivity index (χ3n) is 9.25. The van der Waals surface area contributed by atoms with Crippen molar-refractivity contribution in [1.29, 1.82) is 0 Å². The molecule has 0 radical (unpaired) electrons. The van der Waals surface area contributed by atoms with Gasteiger partial charge in [-0.1, -0.05) is 42.5 Å². The fourth-order valence-corrected chi connectivity index (χ4v) is 7.26. The molecule has 2 aromatic carbocycles. The number of rotatable bonds is 9. The Morgan fingerprint density at radius 1 is 1.09 bits per heavy atom. The number of amides is 1. The smallest absolute Gasteiger partial charge is 0.303 e. The number of benzene rings is 2. The first-order chi connectivity index (χ1) is 21.1. The zero-order chi connectivity index (χ0) is 31.2. The molecular weight excluding hydrogens is 558 g/mol. The number of nitrogen functional groups attached to an aromatic ring is 1. The number of esters is 1. The average molecular weight is 598 g/mol. The normalized spacial score (nSPS) is 24.8. The first-order valence-electron chi connectivity index (χ1n) is 15.0. The second-order valence-electron chi connectivity index (χ2n) is 12.4. The van der Waals surface area contributed by atoms with E-state index in [4.69, 9.17) is 26.0 Å². The van der Waals surface area contributed by atoms with Crippen LogP contribution in [-0.4, -0.2) is 69.9 Å². The molecule has 0 saturated heterocycles. The lowest BCUT2D eigenvalue weighted by Gasteiger charge is -2.41. The van der Waals surface area contributed by atoms with Gasteiger partial charge in [-0.05, 0) is 57.8 Å². The average Bonchev–Trinajstić information content (AvgIpc) is 3.64. The number of nitrogens with two attached hydrogens (primary N) is 2. The molecule has 2 heterocycles. The highest BCUT2D eigenvalue weighted by molar-refractivity contribution is 5.99. The predicted molar refractivity (Wildman–Crippen MR) is 167 cm³/mol. The summed E-state index contributed by atoms with van der Waals surface area (Å²) >= 11 is 0. The van der Waals surface area contributed by atoms with Crippen LogP contribution in [-0.2, 0) is 19.7 Å². The van der Waals surface area contributed by atoms with Crippen LogP contribution in [0.25, 0.3) is 22.3 Å². The van der Waals surface area contributed by atoms with E-state index in [2.05, 4.69) is 14.9 Å². The number of anilines is 1. The summed E-state index contributed by atoms with van der Waals surface area (Å²) in [6.07, 6.45) is 4.98. The van der Waals surface area contributed by atoms with Crippen molar-refractivity contribution in [3.05, 3.63) is 66.0 Å².